The second-order valence-electron chi connectivity index (χ2n) is 3.00. The molecule has 11 heavy (non-hydrogen) atoms. The molecule has 2 heteroatoms. The van der Waals surface area contributed by atoms with E-state index < -0.39 is 0 Å². The molecule has 0 amide bonds. The number of unbranched alkanes of at least 4 members (excludes halogenated alkanes) is 1. The Bertz CT molecular complexity index is 121. The zero-order valence-corrected chi connectivity index (χ0v) is 7.43. The van der Waals surface area contributed by atoms with Gasteiger partial charge in [0.25, 0.3) is 0 Å². The predicted octanol–water partition coefficient (Wildman–Crippen LogP) is 2.73. The minimum absolute atomic E-state index is 0.235. The molecule has 0 aromatic carbocycles. The Hall–Kier alpha value is -0.660. The molecular formula is C9H18N2. The van der Waals surface area contributed by atoms with Crippen LogP contribution >= 0.6 is 0 Å². The van der Waals surface area contributed by atoms with Gasteiger partial charge in [-0.15, -0.1) is 0 Å². The SMILES string of the molecule is CCCCC(C=N)C(C)C=N. The van der Waals surface area contributed by atoms with Gasteiger partial charge in [0.05, 0.1) is 0 Å². The van der Waals surface area contributed by atoms with Crippen molar-refractivity contribution in [1.29, 1.82) is 10.8 Å². The van der Waals surface area contributed by atoms with E-state index in [-0.39, 0.29) is 11.8 Å². The van der Waals surface area contributed by atoms with Gasteiger partial charge >= 0.3 is 0 Å². The lowest BCUT2D eigenvalue weighted by molar-refractivity contribution is 0.517. The Morgan fingerprint density at radius 1 is 1.27 bits per heavy atom. The number of nitrogens with one attached hydrogen (secondary N) is 2. The molecule has 0 heterocycles. The molecule has 0 radical (unpaired) electrons. The van der Waals surface area contributed by atoms with Crippen molar-refractivity contribution in [3.05, 3.63) is 0 Å². The molecule has 0 aromatic rings. The van der Waals surface area contributed by atoms with Crippen LogP contribution in [0.15, 0.2) is 0 Å². The van der Waals surface area contributed by atoms with Gasteiger partial charge in [0.1, 0.15) is 0 Å². The number of rotatable bonds is 6. The van der Waals surface area contributed by atoms with Gasteiger partial charge in [0.2, 0.25) is 0 Å². The molecular weight excluding hydrogens is 136 g/mol. The van der Waals surface area contributed by atoms with Gasteiger partial charge in [-0.2, -0.15) is 0 Å². The van der Waals surface area contributed by atoms with Gasteiger partial charge in [-0.25, -0.2) is 0 Å². The van der Waals surface area contributed by atoms with Gasteiger partial charge in [-0.3, -0.25) is 0 Å². The average Bonchev–Trinajstić information content (AvgIpc) is 2.05. The molecule has 0 aromatic heterocycles. The van der Waals surface area contributed by atoms with Crippen molar-refractivity contribution in [2.75, 3.05) is 0 Å². The van der Waals surface area contributed by atoms with E-state index in [1.807, 2.05) is 6.92 Å². The van der Waals surface area contributed by atoms with Crippen LogP contribution in [0.2, 0.25) is 0 Å². The molecule has 0 aliphatic carbocycles. The molecule has 2 atom stereocenters. The summed E-state index contributed by atoms with van der Waals surface area (Å²) in [6, 6.07) is 0. The predicted molar refractivity (Wildman–Crippen MR) is 49.7 cm³/mol. The van der Waals surface area contributed by atoms with Crippen molar-refractivity contribution in [2.45, 2.75) is 33.1 Å². The fraction of sp³-hybridized carbons (Fsp3) is 0.778. The van der Waals surface area contributed by atoms with E-state index in [0.717, 1.165) is 12.8 Å². The van der Waals surface area contributed by atoms with E-state index in [4.69, 9.17) is 10.8 Å². The lowest BCUT2D eigenvalue weighted by Crippen LogP contribution is -2.13. The summed E-state index contributed by atoms with van der Waals surface area (Å²) in [7, 11) is 0. The maximum absolute atomic E-state index is 7.14. The summed E-state index contributed by atoms with van der Waals surface area (Å²) in [5.41, 5.74) is 0. The summed E-state index contributed by atoms with van der Waals surface area (Å²) >= 11 is 0. The van der Waals surface area contributed by atoms with E-state index in [9.17, 15) is 0 Å². The zero-order valence-electron chi connectivity index (χ0n) is 7.43. The van der Waals surface area contributed by atoms with Gasteiger partial charge in [-0.1, -0.05) is 26.7 Å². The van der Waals surface area contributed by atoms with Gasteiger partial charge in [0.15, 0.2) is 0 Å². The fourth-order valence-corrected chi connectivity index (χ4v) is 1.06. The highest BCUT2D eigenvalue weighted by molar-refractivity contribution is 5.67. The maximum atomic E-state index is 7.14. The van der Waals surface area contributed by atoms with E-state index in [1.54, 1.807) is 0 Å². The Morgan fingerprint density at radius 3 is 2.27 bits per heavy atom. The summed E-state index contributed by atoms with van der Waals surface area (Å²) in [6.45, 7) is 4.15. The third kappa shape index (κ3) is 3.91. The molecule has 2 unspecified atom stereocenters. The number of hydrogen-bond acceptors (Lipinski definition) is 2. The molecule has 0 spiro atoms. The Kier molecular flexibility index (Phi) is 5.71. The van der Waals surface area contributed by atoms with Gasteiger partial charge < -0.3 is 10.8 Å². The monoisotopic (exact) mass is 154 g/mol. The lowest BCUT2D eigenvalue weighted by atomic mass is 9.91. The molecule has 0 fully saturated rings. The molecule has 0 aliphatic rings. The number of hydrogen-bond donors (Lipinski definition) is 2. The highest BCUT2D eigenvalue weighted by atomic mass is 14.4. The minimum Gasteiger partial charge on any atom is -0.313 e. The summed E-state index contributed by atoms with van der Waals surface area (Å²) in [4.78, 5) is 0. The van der Waals surface area contributed by atoms with E-state index >= 15 is 0 Å². The van der Waals surface area contributed by atoms with Crippen LogP contribution in [0.4, 0.5) is 0 Å². The van der Waals surface area contributed by atoms with Crippen LogP contribution in [0.5, 0.6) is 0 Å². The highest BCUT2D eigenvalue weighted by Crippen LogP contribution is 2.14. The van der Waals surface area contributed by atoms with Crippen LogP contribution in [0, 0.1) is 22.7 Å². The summed E-state index contributed by atoms with van der Waals surface area (Å²) in [6.07, 6.45) is 6.31. The first kappa shape index (κ1) is 10.3. The molecule has 0 saturated heterocycles. The van der Waals surface area contributed by atoms with Gasteiger partial charge in [0, 0.05) is 5.92 Å². The van der Waals surface area contributed by atoms with Crippen LogP contribution in [0.1, 0.15) is 33.1 Å². The van der Waals surface area contributed by atoms with Crippen LogP contribution < -0.4 is 0 Å². The van der Waals surface area contributed by atoms with E-state index in [1.165, 1.54) is 18.9 Å². The quantitative estimate of drug-likeness (QED) is 0.553. The van der Waals surface area contributed by atoms with Crippen molar-refractivity contribution in [3.63, 3.8) is 0 Å². The summed E-state index contributed by atoms with van der Waals surface area (Å²) in [5.74, 6) is 0.520. The Balaban J connectivity index is 3.73. The molecule has 2 N–H and O–H groups in total. The van der Waals surface area contributed by atoms with Crippen LogP contribution in [0.25, 0.3) is 0 Å². The third-order valence-electron chi connectivity index (χ3n) is 2.04. The molecule has 0 aliphatic heterocycles. The van der Waals surface area contributed by atoms with Crippen molar-refractivity contribution < 1.29 is 0 Å². The fourth-order valence-electron chi connectivity index (χ4n) is 1.06. The topological polar surface area (TPSA) is 47.7 Å². The molecule has 0 rings (SSSR count). The third-order valence-corrected chi connectivity index (χ3v) is 2.04. The zero-order chi connectivity index (χ0) is 8.69. The van der Waals surface area contributed by atoms with Crippen LogP contribution in [-0.4, -0.2) is 12.4 Å². The van der Waals surface area contributed by atoms with E-state index in [0.29, 0.717) is 0 Å². The standard InChI is InChI=1S/C9H18N2/c1-3-4-5-9(7-11)8(2)6-10/h6-11H,3-5H2,1-2H3. The van der Waals surface area contributed by atoms with Crippen molar-refractivity contribution in [3.8, 4) is 0 Å². The summed E-state index contributed by atoms with van der Waals surface area (Å²) < 4.78 is 0. The normalized spacial score (nSPS) is 15.5. The Labute approximate surface area is 69.0 Å². The van der Waals surface area contributed by atoms with E-state index in [2.05, 4.69) is 6.92 Å². The lowest BCUT2D eigenvalue weighted by Gasteiger charge is -2.14. The molecule has 0 bridgehead atoms. The smallest absolute Gasteiger partial charge is 0.00100 e. The first-order valence-corrected chi connectivity index (χ1v) is 4.27. The molecule has 2 nitrogen and oxygen atoms in total. The first-order valence-electron chi connectivity index (χ1n) is 4.27. The molecule has 0 saturated carbocycles. The largest absolute Gasteiger partial charge is 0.313 e. The second kappa shape index (κ2) is 6.08. The first-order chi connectivity index (χ1) is 5.26. The van der Waals surface area contributed by atoms with Crippen molar-refractivity contribution >= 4 is 12.4 Å². The maximum Gasteiger partial charge on any atom is 0.00100 e. The van der Waals surface area contributed by atoms with Gasteiger partial charge in [-0.05, 0) is 24.8 Å². The van der Waals surface area contributed by atoms with Crippen molar-refractivity contribution in [1.82, 2.24) is 0 Å². The molecule has 64 valence electrons. The second-order valence-corrected chi connectivity index (χ2v) is 3.00. The highest BCUT2D eigenvalue weighted by Gasteiger charge is 2.10. The Morgan fingerprint density at radius 2 is 1.91 bits per heavy atom. The van der Waals surface area contributed by atoms with Crippen LogP contribution in [0.3, 0.4) is 0 Å². The van der Waals surface area contributed by atoms with Crippen LogP contribution in [-0.2, 0) is 0 Å². The summed E-state index contributed by atoms with van der Waals surface area (Å²) in [5, 5.41) is 14.2. The minimum atomic E-state index is 0.235. The van der Waals surface area contributed by atoms with Crippen molar-refractivity contribution in [2.24, 2.45) is 11.8 Å². The average molecular weight is 154 g/mol.